The number of aliphatic carboxylic acids is 1. The molecule has 3 N–H and O–H groups in total. The van der Waals surface area contributed by atoms with E-state index in [-0.39, 0.29) is 25.2 Å². The van der Waals surface area contributed by atoms with Gasteiger partial charge in [0.15, 0.2) is 0 Å². The molecule has 0 saturated carbocycles. The first-order valence-corrected chi connectivity index (χ1v) is 12.2. The summed E-state index contributed by atoms with van der Waals surface area (Å²) in [4.78, 5) is 24.9. The van der Waals surface area contributed by atoms with Crippen LogP contribution in [0, 0.1) is 11.2 Å². The van der Waals surface area contributed by atoms with Crippen molar-refractivity contribution in [2.75, 3.05) is 6.61 Å². The molecule has 0 aliphatic heterocycles. The van der Waals surface area contributed by atoms with Gasteiger partial charge in [0, 0.05) is 29.3 Å². The van der Waals surface area contributed by atoms with Gasteiger partial charge in [0.25, 0.3) is 5.91 Å². The molecule has 0 aliphatic rings. The molecule has 7 nitrogen and oxygen atoms in total. The molecular formula is C27H30ClFN2O5. The molecule has 0 radical (unpaired) electrons. The summed E-state index contributed by atoms with van der Waals surface area (Å²) in [6.45, 7) is 3.24. The van der Waals surface area contributed by atoms with Crippen LogP contribution < -0.4 is 5.32 Å². The Morgan fingerprint density at radius 1 is 1.19 bits per heavy atom. The van der Waals surface area contributed by atoms with Gasteiger partial charge in [0.2, 0.25) is 5.76 Å². The number of hydrogen-bond acceptors (Lipinski definition) is 5. The van der Waals surface area contributed by atoms with Gasteiger partial charge in [-0.1, -0.05) is 54.4 Å². The number of nitrogens with zero attached hydrogens (tertiary/aromatic N) is 1. The van der Waals surface area contributed by atoms with E-state index in [1.807, 2.05) is 6.92 Å². The molecule has 0 bridgehead atoms. The summed E-state index contributed by atoms with van der Waals surface area (Å²) in [5.74, 6) is -1.90. The number of aryl methyl sites for hydroxylation is 1. The topological polar surface area (TPSA) is 113 Å². The Balaban J connectivity index is 1.83. The van der Waals surface area contributed by atoms with Crippen LogP contribution in [0.2, 0.25) is 5.02 Å². The van der Waals surface area contributed by atoms with E-state index in [1.165, 1.54) is 12.1 Å². The highest BCUT2D eigenvalue weighted by Crippen LogP contribution is 2.30. The molecule has 0 unspecified atom stereocenters. The van der Waals surface area contributed by atoms with Crippen molar-refractivity contribution in [3.8, 4) is 11.1 Å². The molecule has 3 rings (SSSR count). The summed E-state index contributed by atoms with van der Waals surface area (Å²) in [6, 6.07) is 12.4. The number of rotatable bonds is 12. The fraction of sp³-hybridized carbons (Fsp3) is 0.370. The van der Waals surface area contributed by atoms with Gasteiger partial charge in [-0.25, -0.2) is 4.39 Å². The summed E-state index contributed by atoms with van der Waals surface area (Å²) in [6.07, 6.45) is 1.95. The summed E-state index contributed by atoms with van der Waals surface area (Å²) < 4.78 is 19.4. The molecule has 3 aromatic rings. The monoisotopic (exact) mass is 516 g/mol. The lowest BCUT2D eigenvalue weighted by atomic mass is 9.79. The molecule has 1 aromatic heterocycles. The van der Waals surface area contributed by atoms with E-state index in [0.29, 0.717) is 34.7 Å². The predicted octanol–water partition coefficient (Wildman–Crippen LogP) is 5.29. The Kier molecular flexibility index (Phi) is 9.23. The number of carbonyl (C=O) groups excluding carboxylic acids is 1. The number of aliphatic hydroxyl groups is 1. The number of aromatic nitrogens is 1. The van der Waals surface area contributed by atoms with Crippen LogP contribution >= 0.6 is 11.6 Å². The van der Waals surface area contributed by atoms with E-state index in [0.717, 1.165) is 12.0 Å². The van der Waals surface area contributed by atoms with Crippen LogP contribution in [0.3, 0.4) is 0 Å². The van der Waals surface area contributed by atoms with Crippen LogP contribution in [0.25, 0.3) is 11.1 Å². The molecule has 1 amide bonds. The molecule has 0 aliphatic carbocycles. The van der Waals surface area contributed by atoms with E-state index in [1.54, 1.807) is 43.3 Å². The fourth-order valence-electron chi connectivity index (χ4n) is 4.13. The number of aliphatic hydroxyl groups excluding tert-OH is 1. The number of amides is 1. The minimum absolute atomic E-state index is 0.0324. The minimum atomic E-state index is -1.26. The SMILES string of the molecule is CCCc1cc(C(=O)N[C@H](Cc2ccc(-c3cc(Cl)ccc3F)cc2)C[C@@](C)(CCO)C(=O)O)on1. The highest BCUT2D eigenvalue weighted by Gasteiger charge is 2.36. The number of halogens is 2. The second kappa shape index (κ2) is 12.1. The van der Waals surface area contributed by atoms with Gasteiger partial charge < -0.3 is 20.1 Å². The molecule has 9 heteroatoms. The van der Waals surface area contributed by atoms with E-state index in [2.05, 4.69) is 10.5 Å². The first kappa shape index (κ1) is 27.4. The van der Waals surface area contributed by atoms with Crippen molar-refractivity contribution < 1.29 is 28.7 Å². The second-order valence-electron chi connectivity index (χ2n) is 9.17. The molecule has 192 valence electrons. The van der Waals surface area contributed by atoms with Crippen molar-refractivity contribution in [1.29, 1.82) is 0 Å². The molecule has 0 spiro atoms. The Morgan fingerprint density at radius 2 is 1.92 bits per heavy atom. The zero-order chi connectivity index (χ0) is 26.3. The average molecular weight is 517 g/mol. The van der Waals surface area contributed by atoms with Crippen molar-refractivity contribution in [3.05, 3.63) is 76.4 Å². The van der Waals surface area contributed by atoms with E-state index >= 15 is 0 Å². The largest absolute Gasteiger partial charge is 0.481 e. The van der Waals surface area contributed by atoms with Gasteiger partial charge >= 0.3 is 5.97 Å². The maximum absolute atomic E-state index is 14.3. The van der Waals surface area contributed by atoms with Crippen molar-refractivity contribution in [2.24, 2.45) is 5.41 Å². The lowest BCUT2D eigenvalue weighted by Gasteiger charge is -2.29. The molecule has 0 fully saturated rings. The van der Waals surface area contributed by atoms with E-state index in [9.17, 15) is 24.2 Å². The maximum Gasteiger partial charge on any atom is 0.309 e. The fourth-order valence-corrected chi connectivity index (χ4v) is 4.31. The summed E-state index contributed by atoms with van der Waals surface area (Å²) in [5, 5.41) is 26.4. The molecule has 0 saturated heterocycles. The number of nitrogens with one attached hydrogen (secondary N) is 1. The van der Waals surface area contributed by atoms with Crippen LogP contribution in [-0.2, 0) is 17.6 Å². The zero-order valence-corrected chi connectivity index (χ0v) is 21.0. The first-order chi connectivity index (χ1) is 17.1. The highest BCUT2D eigenvalue weighted by atomic mass is 35.5. The molecular weight excluding hydrogens is 487 g/mol. The number of benzene rings is 2. The van der Waals surface area contributed by atoms with Crippen LogP contribution in [0.1, 0.15) is 54.9 Å². The number of hydrogen-bond donors (Lipinski definition) is 3. The predicted molar refractivity (Wildman–Crippen MR) is 134 cm³/mol. The third kappa shape index (κ3) is 6.92. The third-order valence-electron chi connectivity index (χ3n) is 6.18. The van der Waals surface area contributed by atoms with Crippen molar-refractivity contribution >= 4 is 23.5 Å². The van der Waals surface area contributed by atoms with Gasteiger partial charge in [-0.05, 0) is 61.9 Å². The third-order valence-corrected chi connectivity index (χ3v) is 6.41. The molecule has 1 heterocycles. The Hall–Kier alpha value is -3.23. The Labute approximate surface area is 214 Å². The average Bonchev–Trinajstić information content (AvgIpc) is 3.30. The maximum atomic E-state index is 14.3. The van der Waals surface area contributed by atoms with Crippen LogP contribution in [0.4, 0.5) is 4.39 Å². The number of carbonyl (C=O) groups is 2. The summed E-state index contributed by atoms with van der Waals surface area (Å²) in [5.41, 5.74) is 1.23. The van der Waals surface area contributed by atoms with Gasteiger partial charge in [-0.2, -0.15) is 0 Å². The summed E-state index contributed by atoms with van der Waals surface area (Å²) >= 11 is 6.01. The second-order valence-corrected chi connectivity index (χ2v) is 9.61. The Bertz CT molecular complexity index is 1200. The van der Waals surface area contributed by atoms with Crippen molar-refractivity contribution in [3.63, 3.8) is 0 Å². The molecule has 2 atom stereocenters. The quantitative estimate of drug-likeness (QED) is 0.301. The lowest BCUT2D eigenvalue weighted by Crippen LogP contribution is -2.43. The van der Waals surface area contributed by atoms with Crippen LogP contribution in [-0.4, -0.2) is 39.9 Å². The normalized spacial score (nSPS) is 13.7. The van der Waals surface area contributed by atoms with Crippen molar-refractivity contribution in [2.45, 2.75) is 52.0 Å². The van der Waals surface area contributed by atoms with Crippen molar-refractivity contribution in [1.82, 2.24) is 10.5 Å². The lowest BCUT2D eigenvalue weighted by molar-refractivity contribution is -0.149. The minimum Gasteiger partial charge on any atom is -0.481 e. The highest BCUT2D eigenvalue weighted by molar-refractivity contribution is 6.30. The van der Waals surface area contributed by atoms with Gasteiger partial charge in [0.1, 0.15) is 5.82 Å². The number of carboxylic acid groups (broad SMARTS) is 1. The summed E-state index contributed by atoms with van der Waals surface area (Å²) in [7, 11) is 0. The molecule has 2 aromatic carbocycles. The van der Waals surface area contributed by atoms with Crippen LogP contribution in [0.15, 0.2) is 53.1 Å². The zero-order valence-electron chi connectivity index (χ0n) is 20.3. The van der Waals surface area contributed by atoms with Gasteiger partial charge in [0.05, 0.1) is 11.1 Å². The standard InChI is InChI=1S/C27H30ClFN2O5/c1-3-4-20-15-24(36-31-20)25(33)30-21(16-27(2,11-12-32)26(34)35)13-17-5-7-18(8-6-17)22-14-19(28)9-10-23(22)29/h5-10,14-15,21,32H,3-4,11-13,16H2,1-2H3,(H,30,33)(H,34,35)/t21-,27-/m1/s1. The molecule has 36 heavy (non-hydrogen) atoms. The van der Waals surface area contributed by atoms with E-state index < -0.39 is 29.2 Å². The smallest absolute Gasteiger partial charge is 0.309 e. The first-order valence-electron chi connectivity index (χ1n) is 11.8. The van der Waals surface area contributed by atoms with E-state index in [4.69, 9.17) is 16.1 Å². The number of carboxylic acids is 1. The van der Waals surface area contributed by atoms with Gasteiger partial charge in [-0.3, -0.25) is 9.59 Å². The van der Waals surface area contributed by atoms with Gasteiger partial charge in [-0.15, -0.1) is 0 Å². The Morgan fingerprint density at radius 3 is 2.56 bits per heavy atom. The van der Waals surface area contributed by atoms with Crippen LogP contribution in [0.5, 0.6) is 0 Å².